The number of fused-ring (bicyclic) bond motifs is 3. The fourth-order valence-corrected chi connectivity index (χ4v) is 2.57. The summed E-state index contributed by atoms with van der Waals surface area (Å²) in [6, 6.07) is 17.3. The van der Waals surface area contributed by atoms with E-state index in [1.54, 1.807) is 9.08 Å². The number of para-hydroxylation sites is 1. The molecular weight excluding hydrogens is 264 g/mol. The van der Waals surface area contributed by atoms with Crippen molar-refractivity contribution in [1.29, 1.82) is 0 Å². The van der Waals surface area contributed by atoms with Gasteiger partial charge in [0.1, 0.15) is 6.33 Å². The Balaban J connectivity index is 2.05. The van der Waals surface area contributed by atoms with Crippen LogP contribution >= 0.6 is 0 Å². The smallest absolute Gasteiger partial charge is 0.263 e. The van der Waals surface area contributed by atoms with Gasteiger partial charge >= 0.3 is 0 Å². The number of nitrogens with zero attached hydrogens (tertiary/aromatic N) is 4. The predicted molar refractivity (Wildman–Crippen MR) is 80.3 cm³/mol. The summed E-state index contributed by atoms with van der Waals surface area (Å²) in [6.07, 6.45) is 1.47. The summed E-state index contributed by atoms with van der Waals surface area (Å²) < 4.78 is 3.37. The van der Waals surface area contributed by atoms with Crippen LogP contribution in [0.5, 0.6) is 0 Å². The molecule has 4 rings (SSSR count). The summed E-state index contributed by atoms with van der Waals surface area (Å²) in [4.78, 5) is 17.0. The van der Waals surface area contributed by atoms with Gasteiger partial charge in [-0.05, 0) is 17.7 Å². The molecule has 0 N–H and O–H groups in total. The van der Waals surface area contributed by atoms with E-state index >= 15 is 0 Å². The quantitative estimate of drug-likeness (QED) is 0.563. The molecule has 2 heterocycles. The zero-order valence-electron chi connectivity index (χ0n) is 11.2. The van der Waals surface area contributed by atoms with Gasteiger partial charge in [0.25, 0.3) is 5.56 Å². The van der Waals surface area contributed by atoms with Gasteiger partial charge in [0, 0.05) is 0 Å². The summed E-state index contributed by atoms with van der Waals surface area (Å²) in [5.41, 5.74) is 1.79. The normalized spacial score (nSPS) is 11.2. The second-order valence-electron chi connectivity index (χ2n) is 4.87. The largest absolute Gasteiger partial charge is 0.272 e. The monoisotopic (exact) mass is 276 g/mol. The molecule has 0 aliphatic heterocycles. The van der Waals surface area contributed by atoms with Gasteiger partial charge in [-0.25, -0.2) is 0 Å². The van der Waals surface area contributed by atoms with Crippen LogP contribution in [0.15, 0.2) is 65.7 Å². The Hall–Kier alpha value is -2.95. The molecule has 0 aliphatic carbocycles. The zero-order valence-corrected chi connectivity index (χ0v) is 11.2. The van der Waals surface area contributed by atoms with E-state index in [4.69, 9.17) is 0 Å². The first-order chi connectivity index (χ1) is 10.3. The fourth-order valence-electron chi connectivity index (χ4n) is 2.57. The molecule has 0 bridgehead atoms. The maximum atomic E-state index is 12.7. The number of rotatable bonds is 2. The van der Waals surface area contributed by atoms with Gasteiger partial charge in [-0.15, -0.1) is 0 Å². The second kappa shape index (κ2) is 4.56. The molecule has 5 nitrogen and oxygen atoms in total. The Morgan fingerprint density at radius 3 is 2.57 bits per heavy atom. The Bertz CT molecular complexity index is 985. The molecule has 0 amide bonds. The van der Waals surface area contributed by atoms with Crippen LogP contribution in [-0.2, 0) is 6.54 Å². The lowest BCUT2D eigenvalue weighted by Gasteiger charge is -2.09. The Morgan fingerprint density at radius 1 is 0.952 bits per heavy atom. The Morgan fingerprint density at radius 2 is 1.71 bits per heavy atom. The number of benzene rings is 2. The highest BCUT2D eigenvalue weighted by atomic mass is 16.1. The van der Waals surface area contributed by atoms with Crippen LogP contribution in [0, 0.1) is 0 Å². The molecule has 4 aromatic rings. The molecule has 0 saturated carbocycles. The van der Waals surface area contributed by atoms with Gasteiger partial charge < -0.3 is 0 Å². The summed E-state index contributed by atoms with van der Waals surface area (Å²) in [5.74, 6) is 0.558. The minimum Gasteiger partial charge on any atom is -0.272 e. The maximum absolute atomic E-state index is 12.7. The lowest BCUT2D eigenvalue weighted by molar-refractivity contribution is 0.759. The van der Waals surface area contributed by atoms with Crippen LogP contribution < -0.4 is 5.56 Å². The zero-order chi connectivity index (χ0) is 14.2. The topological polar surface area (TPSA) is 52.2 Å². The molecule has 0 unspecified atom stereocenters. The van der Waals surface area contributed by atoms with Crippen molar-refractivity contribution in [1.82, 2.24) is 19.2 Å². The van der Waals surface area contributed by atoms with E-state index in [2.05, 4.69) is 10.1 Å². The van der Waals surface area contributed by atoms with Crippen LogP contribution in [-0.4, -0.2) is 19.2 Å². The summed E-state index contributed by atoms with van der Waals surface area (Å²) >= 11 is 0. The molecule has 2 aromatic carbocycles. The minimum absolute atomic E-state index is 0.0463. The van der Waals surface area contributed by atoms with Crippen molar-refractivity contribution in [2.45, 2.75) is 6.54 Å². The number of hydrogen-bond acceptors (Lipinski definition) is 3. The molecule has 102 valence electrons. The average molecular weight is 276 g/mol. The molecule has 0 aliphatic rings. The molecule has 21 heavy (non-hydrogen) atoms. The molecule has 0 fully saturated rings. The molecule has 0 atom stereocenters. The van der Waals surface area contributed by atoms with Crippen LogP contribution in [0.4, 0.5) is 0 Å². The van der Waals surface area contributed by atoms with E-state index in [0.29, 0.717) is 17.7 Å². The first-order valence-electron chi connectivity index (χ1n) is 6.70. The van der Waals surface area contributed by atoms with Crippen molar-refractivity contribution in [3.63, 3.8) is 0 Å². The average Bonchev–Trinajstić information content (AvgIpc) is 3.02. The summed E-state index contributed by atoms with van der Waals surface area (Å²) in [5, 5.41) is 4.88. The van der Waals surface area contributed by atoms with Crippen molar-refractivity contribution in [2.75, 3.05) is 0 Å². The third-order valence-corrected chi connectivity index (χ3v) is 3.56. The van der Waals surface area contributed by atoms with Gasteiger partial charge in [-0.3, -0.25) is 9.36 Å². The second-order valence-corrected chi connectivity index (χ2v) is 4.87. The SMILES string of the molecule is O=c1c2ccccc2n2ncnc2n1Cc1ccccc1. The lowest BCUT2D eigenvalue weighted by Crippen LogP contribution is -2.24. The van der Waals surface area contributed by atoms with Crippen molar-refractivity contribution in [3.05, 3.63) is 76.8 Å². The van der Waals surface area contributed by atoms with E-state index in [-0.39, 0.29) is 5.56 Å². The highest BCUT2D eigenvalue weighted by molar-refractivity contribution is 5.79. The van der Waals surface area contributed by atoms with Crippen LogP contribution in [0.25, 0.3) is 16.7 Å². The Kier molecular flexibility index (Phi) is 2.57. The molecule has 0 saturated heterocycles. The van der Waals surface area contributed by atoms with E-state index in [1.165, 1.54) is 6.33 Å². The molecule has 5 heteroatoms. The van der Waals surface area contributed by atoms with E-state index in [0.717, 1.165) is 11.1 Å². The van der Waals surface area contributed by atoms with Crippen molar-refractivity contribution in [3.8, 4) is 0 Å². The standard InChI is InChI=1S/C16H12N4O/c21-15-13-8-4-5-9-14(13)20-16(17-11-18-20)19(15)10-12-6-2-1-3-7-12/h1-9,11H,10H2. The first-order valence-corrected chi connectivity index (χ1v) is 6.70. The summed E-state index contributed by atoms with van der Waals surface area (Å²) in [7, 11) is 0. The van der Waals surface area contributed by atoms with Crippen molar-refractivity contribution < 1.29 is 0 Å². The predicted octanol–water partition coefficient (Wildman–Crippen LogP) is 2.09. The first kappa shape index (κ1) is 11.8. The van der Waals surface area contributed by atoms with Crippen LogP contribution in [0.1, 0.15) is 5.56 Å². The van der Waals surface area contributed by atoms with Gasteiger partial charge in [0.2, 0.25) is 5.78 Å². The van der Waals surface area contributed by atoms with Gasteiger partial charge in [0.15, 0.2) is 0 Å². The molecule has 2 aromatic heterocycles. The number of hydrogen-bond donors (Lipinski definition) is 0. The Labute approximate surface area is 120 Å². The number of aromatic nitrogens is 4. The van der Waals surface area contributed by atoms with Crippen molar-refractivity contribution in [2.24, 2.45) is 0 Å². The third-order valence-electron chi connectivity index (χ3n) is 3.56. The third kappa shape index (κ3) is 1.82. The minimum atomic E-state index is -0.0463. The lowest BCUT2D eigenvalue weighted by atomic mass is 10.2. The van der Waals surface area contributed by atoms with E-state index in [1.807, 2.05) is 54.6 Å². The van der Waals surface area contributed by atoms with Gasteiger partial charge in [-0.1, -0.05) is 42.5 Å². The molecular formula is C16H12N4O. The molecule has 0 radical (unpaired) electrons. The maximum Gasteiger partial charge on any atom is 0.263 e. The van der Waals surface area contributed by atoms with Crippen LogP contribution in [0.3, 0.4) is 0 Å². The van der Waals surface area contributed by atoms with Gasteiger partial charge in [0.05, 0.1) is 17.4 Å². The van der Waals surface area contributed by atoms with E-state index in [9.17, 15) is 4.79 Å². The highest BCUT2D eigenvalue weighted by Crippen LogP contribution is 2.12. The highest BCUT2D eigenvalue weighted by Gasteiger charge is 2.12. The van der Waals surface area contributed by atoms with E-state index < -0.39 is 0 Å². The van der Waals surface area contributed by atoms with Crippen molar-refractivity contribution >= 4 is 16.7 Å². The van der Waals surface area contributed by atoms with Crippen LogP contribution in [0.2, 0.25) is 0 Å². The van der Waals surface area contributed by atoms with Gasteiger partial charge in [-0.2, -0.15) is 14.6 Å². The fraction of sp³-hybridized carbons (Fsp3) is 0.0625. The summed E-state index contributed by atoms with van der Waals surface area (Å²) in [6.45, 7) is 0.479. The molecule has 0 spiro atoms.